The van der Waals surface area contributed by atoms with Crippen molar-refractivity contribution < 1.29 is 13.9 Å². The van der Waals surface area contributed by atoms with Gasteiger partial charge >= 0.3 is 0 Å². The quantitative estimate of drug-likeness (QED) is 0.788. The first kappa shape index (κ1) is 14.6. The number of halogens is 1. The minimum absolute atomic E-state index is 0.196. The van der Waals surface area contributed by atoms with Crippen molar-refractivity contribution in [3.8, 4) is 0 Å². The van der Waals surface area contributed by atoms with Crippen molar-refractivity contribution in [1.82, 2.24) is 5.32 Å². The van der Waals surface area contributed by atoms with Crippen molar-refractivity contribution in [1.29, 1.82) is 0 Å². The van der Waals surface area contributed by atoms with Crippen molar-refractivity contribution in [3.05, 3.63) is 35.1 Å². The molecule has 4 nitrogen and oxygen atoms in total. The number of rotatable bonds is 6. The van der Waals surface area contributed by atoms with Gasteiger partial charge in [0, 0.05) is 13.7 Å². The van der Waals surface area contributed by atoms with E-state index in [9.17, 15) is 9.18 Å². The Labute approximate surface area is 106 Å². The van der Waals surface area contributed by atoms with Gasteiger partial charge in [-0.3, -0.25) is 4.79 Å². The molecule has 1 amide bonds. The highest BCUT2D eigenvalue weighted by Gasteiger charge is 2.12. The molecule has 3 N–H and O–H groups in total. The predicted molar refractivity (Wildman–Crippen MR) is 67.7 cm³/mol. The number of aryl methyl sites for hydroxylation is 1. The van der Waals surface area contributed by atoms with Gasteiger partial charge in [0.25, 0.3) is 0 Å². The lowest BCUT2D eigenvalue weighted by Crippen LogP contribution is -2.44. The van der Waals surface area contributed by atoms with E-state index in [1.807, 2.05) is 6.92 Å². The number of carbonyl (C=O) groups excluding carboxylic acids is 1. The molecule has 1 unspecified atom stereocenters. The first-order chi connectivity index (χ1) is 8.54. The van der Waals surface area contributed by atoms with E-state index in [2.05, 4.69) is 5.32 Å². The molecule has 0 aliphatic heterocycles. The van der Waals surface area contributed by atoms with Gasteiger partial charge in [-0.05, 0) is 36.6 Å². The van der Waals surface area contributed by atoms with Crippen molar-refractivity contribution in [3.63, 3.8) is 0 Å². The molecule has 0 saturated carbocycles. The summed E-state index contributed by atoms with van der Waals surface area (Å²) in [5.74, 6) is -0.487. The molecule has 1 rings (SSSR count). The van der Waals surface area contributed by atoms with Gasteiger partial charge in [0.2, 0.25) is 5.91 Å². The maximum atomic E-state index is 12.9. The summed E-state index contributed by atoms with van der Waals surface area (Å²) < 4.78 is 17.7. The monoisotopic (exact) mass is 254 g/mol. The largest absolute Gasteiger partial charge is 0.383 e. The van der Waals surface area contributed by atoms with E-state index >= 15 is 0 Å². The molecule has 0 heterocycles. The fraction of sp³-hybridized carbons (Fsp3) is 0.462. The summed E-state index contributed by atoms with van der Waals surface area (Å²) in [5, 5.41) is 2.72. The van der Waals surface area contributed by atoms with E-state index in [4.69, 9.17) is 10.5 Å². The Hall–Kier alpha value is -1.46. The van der Waals surface area contributed by atoms with Crippen LogP contribution < -0.4 is 11.1 Å². The molecular weight excluding hydrogens is 235 g/mol. The van der Waals surface area contributed by atoms with Crippen molar-refractivity contribution in [2.24, 2.45) is 5.73 Å². The van der Waals surface area contributed by atoms with Crippen LogP contribution in [0.4, 0.5) is 4.39 Å². The highest BCUT2D eigenvalue weighted by atomic mass is 19.1. The Kier molecular flexibility index (Phi) is 5.74. The van der Waals surface area contributed by atoms with Crippen LogP contribution in [0.1, 0.15) is 11.1 Å². The molecule has 1 aromatic rings. The number of hydrogen-bond acceptors (Lipinski definition) is 3. The first-order valence-electron chi connectivity index (χ1n) is 5.82. The highest BCUT2D eigenvalue weighted by molar-refractivity contribution is 5.81. The lowest BCUT2D eigenvalue weighted by Gasteiger charge is -2.11. The lowest BCUT2D eigenvalue weighted by molar-refractivity contribution is -0.123. The van der Waals surface area contributed by atoms with Gasteiger partial charge in [-0.1, -0.05) is 6.07 Å². The topological polar surface area (TPSA) is 64.3 Å². The zero-order chi connectivity index (χ0) is 13.5. The SMILES string of the molecule is COCC(N)C(=O)NCCc1ccc(F)cc1C. The number of hydrogen-bond donors (Lipinski definition) is 2. The molecule has 18 heavy (non-hydrogen) atoms. The Morgan fingerprint density at radius 2 is 2.28 bits per heavy atom. The maximum Gasteiger partial charge on any atom is 0.239 e. The number of ether oxygens (including phenoxy) is 1. The third-order valence-corrected chi connectivity index (χ3v) is 2.68. The molecule has 1 aromatic carbocycles. The number of nitrogens with one attached hydrogen (secondary N) is 1. The Balaban J connectivity index is 2.39. The normalized spacial score (nSPS) is 12.2. The van der Waals surface area contributed by atoms with Gasteiger partial charge in [0.05, 0.1) is 6.61 Å². The molecule has 0 aromatic heterocycles. The second-order valence-corrected chi connectivity index (χ2v) is 4.17. The summed E-state index contributed by atoms with van der Waals surface area (Å²) >= 11 is 0. The van der Waals surface area contributed by atoms with Crippen molar-refractivity contribution >= 4 is 5.91 Å². The highest BCUT2D eigenvalue weighted by Crippen LogP contribution is 2.10. The van der Waals surface area contributed by atoms with Crippen LogP contribution in [0.25, 0.3) is 0 Å². The summed E-state index contributed by atoms with van der Waals surface area (Å²) in [6.45, 7) is 2.51. The molecule has 0 bridgehead atoms. The van der Waals surface area contributed by atoms with Gasteiger partial charge in [-0.15, -0.1) is 0 Å². The van der Waals surface area contributed by atoms with Crippen molar-refractivity contribution in [2.45, 2.75) is 19.4 Å². The first-order valence-corrected chi connectivity index (χ1v) is 5.82. The van der Waals surface area contributed by atoms with E-state index in [-0.39, 0.29) is 18.3 Å². The average molecular weight is 254 g/mol. The summed E-state index contributed by atoms with van der Waals surface area (Å²) in [6, 6.07) is 3.98. The predicted octanol–water partition coefficient (Wildman–Crippen LogP) is 0.767. The Morgan fingerprint density at radius 1 is 1.56 bits per heavy atom. The van der Waals surface area contributed by atoms with Crippen LogP contribution in [0.15, 0.2) is 18.2 Å². The lowest BCUT2D eigenvalue weighted by atomic mass is 10.1. The molecule has 0 saturated heterocycles. The molecule has 0 radical (unpaired) electrons. The van der Waals surface area contributed by atoms with E-state index in [1.165, 1.54) is 19.2 Å². The number of methoxy groups -OCH3 is 1. The molecule has 0 aliphatic carbocycles. The van der Waals surface area contributed by atoms with E-state index < -0.39 is 6.04 Å². The van der Waals surface area contributed by atoms with Crippen LogP contribution in [0.3, 0.4) is 0 Å². The van der Waals surface area contributed by atoms with Crippen LogP contribution in [0, 0.1) is 12.7 Å². The fourth-order valence-electron chi connectivity index (χ4n) is 1.65. The van der Waals surface area contributed by atoms with Gasteiger partial charge in [0.1, 0.15) is 11.9 Å². The van der Waals surface area contributed by atoms with Crippen LogP contribution in [-0.2, 0) is 16.0 Å². The van der Waals surface area contributed by atoms with Gasteiger partial charge in [-0.2, -0.15) is 0 Å². The standard InChI is InChI=1S/C13H19FN2O2/c1-9-7-11(14)4-3-10(9)5-6-16-13(17)12(15)8-18-2/h3-4,7,12H,5-6,8,15H2,1-2H3,(H,16,17). The molecule has 0 fully saturated rings. The van der Waals surface area contributed by atoms with Crippen LogP contribution >= 0.6 is 0 Å². The van der Waals surface area contributed by atoms with Crippen LogP contribution in [0.2, 0.25) is 0 Å². The number of benzene rings is 1. The van der Waals surface area contributed by atoms with Crippen LogP contribution in [-0.4, -0.2) is 32.2 Å². The second kappa shape index (κ2) is 7.08. The van der Waals surface area contributed by atoms with E-state index in [0.717, 1.165) is 11.1 Å². The third kappa shape index (κ3) is 4.43. The van der Waals surface area contributed by atoms with Crippen molar-refractivity contribution in [2.75, 3.05) is 20.3 Å². The summed E-state index contributed by atoms with van der Waals surface area (Å²) in [4.78, 5) is 11.5. The second-order valence-electron chi connectivity index (χ2n) is 4.17. The average Bonchev–Trinajstić information content (AvgIpc) is 2.32. The Morgan fingerprint density at radius 3 is 2.89 bits per heavy atom. The zero-order valence-corrected chi connectivity index (χ0v) is 10.7. The number of amides is 1. The number of nitrogens with two attached hydrogens (primary N) is 1. The van der Waals surface area contributed by atoms with Gasteiger partial charge < -0.3 is 15.8 Å². The Bertz CT molecular complexity index is 410. The molecule has 5 heteroatoms. The van der Waals surface area contributed by atoms with Crippen LogP contribution in [0.5, 0.6) is 0 Å². The fourth-order valence-corrected chi connectivity index (χ4v) is 1.65. The molecule has 100 valence electrons. The molecule has 0 spiro atoms. The minimum Gasteiger partial charge on any atom is -0.383 e. The third-order valence-electron chi connectivity index (χ3n) is 2.68. The van der Waals surface area contributed by atoms with E-state index in [1.54, 1.807) is 6.07 Å². The number of carbonyl (C=O) groups is 1. The van der Waals surface area contributed by atoms with Gasteiger partial charge in [0.15, 0.2) is 0 Å². The minimum atomic E-state index is -0.649. The maximum absolute atomic E-state index is 12.9. The van der Waals surface area contributed by atoms with E-state index in [0.29, 0.717) is 13.0 Å². The summed E-state index contributed by atoms with van der Waals surface area (Å²) in [5.41, 5.74) is 7.46. The summed E-state index contributed by atoms with van der Waals surface area (Å²) in [7, 11) is 1.50. The van der Waals surface area contributed by atoms with Gasteiger partial charge in [-0.25, -0.2) is 4.39 Å². The molecule has 1 atom stereocenters. The zero-order valence-electron chi connectivity index (χ0n) is 10.7. The molecule has 0 aliphatic rings. The molecular formula is C13H19FN2O2. The smallest absolute Gasteiger partial charge is 0.239 e. The summed E-state index contributed by atoms with van der Waals surface area (Å²) in [6.07, 6.45) is 0.650.